The number of carbonyl (C=O) groups is 1. The monoisotopic (exact) mass is 432 g/mol. The number of aromatic nitrogens is 1. The van der Waals surface area contributed by atoms with Gasteiger partial charge in [0.2, 0.25) is 0 Å². The minimum Gasteiger partial charge on any atom is -0.484 e. The van der Waals surface area contributed by atoms with Crippen LogP contribution in [0.1, 0.15) is 35.6 Å². The van der Waals surface area contributed by atoms with Crippen LogP contribution in [0.3, 0.4) is 0 Å². The van der Waals surface area contributed by atoms with Crippen molar-refractivity contribution in [1.29, 1.82) is 0 Å². The average Bonchev–Trinajstić information content (AvgIpc) is 3.29. The van der Waals surface area contributed by atoms with Crippen LogP contribution in [0.4, 0.5) is 0 Å². The Morgan fingerprint density at radius 1 is 1.06 bits per heavy atom. The van der Waals surface area contributed by atoms with Gasteiger partial charge in [-0.15, -0.1) is 0 Å². The number of amides is 1. The predicted molar refractivity (Wildman–Crippen MR) is 118 cm³/mol. The third-order valence-corrected chi connectivity index (χ3v) is 7.14. The largest absolute Gasteiger partial charge is 0.484 e. The molecule has 7 nitrogen and oxygen atoms in total. The Bertz CT molecular complexity index is 1350. The van der Waals surface area contributed by atoms with Gasteiger partial charge in [0.25, 0.3) is 11.5 Å². The molecule has 1 aromatic carbocycles. The molecule has 0 saturated carbocycles. The number of nitrogens with zero attached hydrogens (tertiary/aromatic N) is 2. The molecule has 1 fully saturated rings. The van der Waals surface area contributed by atoms with E-state index in [-0.39, 0.29) is 35.5 Å². The normalized spacial score (nSPS) is 21.3. The molecule has 4 heterocycles. The maximum Gasteiger partial charge on any atom is 0.339 e. The summed E-state index contributed by atoms with van der Waals surface area (Å²) in [6.07, 6.45) is 3.64. The van der Waals surface area contributed by atoms with Gasteiger partial charge in [-0.1, -0.05) is 6.07 Å². The first kappa shape index (κ1) is 19.3. The summed E-state index contributed by atoms with van der Waals surface area (Å²) >= 11 is 0. The topological polar surface area (TPSA) is 81.8 Å². The van der Waals surface area contributed by atoms with E-state index in [1.165, 1.54) is 0 Å². The lowest BCUT2D eigenvalue weighted by molar-refractivity contribution is -0.136. The summed E-state index contributed by atoms with van der Waals surface area (Å²) in [6.45, 7) is 1.82. The number of hydrogen-bond acceptors (Lipinski definition) is 5. The average molecular weight is 432 g/mol. The summed E-state index contributed by atoms with van der Waals surface area (Å²) in [6, 6.07) is 10.8. The van der Waals surface area contributed by atoms with Gasteiger partial charge in [0.05, 0.1) is 0 Å². The second kappa shape index (κ2) is 7.36. The smallest absolute Gasteiger partial charge is 0.339 e. The third kappa shape index (κ3) is 3.15. The molecule has 2 atom stereocenters. The number of aryl methyl sites for hydroxylation is 1. The molecule has 7 heteroatoms. The van der Waals surface area contributed by atoms with Gasteiger partial charge >= 0.3 is 5.63 Å². The molecule has 0 N–H and O–H groups in total. The highest BCUT2D eigenvalue weighted by atomic mass is 16.5. The van der Waals surface area contributed by atoms with Crippen molar-refractivity contribution in [3.8, 4) is 5.75 Å². The molecule has 2 aliphatic heterocycles. The van der Waals surface area contributed by atoms with Crippen molar-refractivity contribution in [2.75, 3.05) is 19.7 Å². The van der Waals surface area contributed by atoms with Gasteiger partial charge in [-0.2, -0.15) is 0 Å². The van der Waals surface area contributed by atoms with E-state index in [1.54, 1.807) is 18.2 Å². The van der Waals surface area contributed by atoms with Crippen LogP contribution >= 0.6 is 0 Å². The summed E-state index contributed by atoms with van der Waals surface area (Å²) in [5, 5.41) is 0.952. The molecule has 0 unspecified atom stereocenters. The number of piperidine rings is 1. The van der Waals surface area contributed by atoms with Crippen molar-refractivity contribution >= 4 is 16.9 Å². The van der Waals surface area contributed by atoms with E-state index >= 15 is 0 Å². The van der Waals surface area contributed by atoms with Crippen LogP contribution in [-0.2, 0) is 24.2 Å². The van der Waals surface area contributed by atoms with Crippen LogP contribution in [0.2, 0.25) is 0 Å². The first-order chi connectivity index (χ1) is 15.6. The number of carbonyl (C=O) groups excluding carboxylic acids is 1. The molecule has 3 aromatic rings. The maximum atomic E-state index is 12.9. The van der Waals surface area contributed by atoms with Crippen molar-refractivity contribution in [2.45, 2.75) is 38.1 Å². The van der Waals surface area contributed by atoms with Crippen molar-refractivity contribution in [1.82, 2.24) is 9.47 Å². The molecule has 2 bridgehead atoms. The predicted octanol–water partition coefficient (Wildman–Crippen LogP) is 2.47. The van der Waals surface area contributed by atoms with E-state index in [1.807, 2.05) is 27.7 Å². The Labute approximate surface area is 184 Å². The lowest BCUT2D eigenvalue weighted by atomic mass is 9.83. The summed E-state index contributed by atoms with van der Waals surface area (Å²) < 4.78 is 13.2. The highest BCUT2D eigenvalue weighted by molar-refractivity contribution is 5.83. The fourth-order valence-electron chi connectivity index (χ4n) is 5.69. The first-order valence-corrected chi connectivity index (χ1v) is 11.3. The van der Waals surface area contributed by atoms with Crippen LogP contribution in [0.5, 0.6) is 5.75 Å². The van der Waals surface area contributed by atoms with Crippen molar-refractivity contribution in [3.63, 3.8) is 0 Å². The second-order valence-electron chi connectivity index (χ2n) is 9.14. The van der Waals surface area contributed by atoms with E-state index < -0.39 is 0 Å². The van der Waals surface area contributed by atoms with Gasteiger partial charge in [-0.3, -0.25) is 9.59 Å². The Balaban J connectivity index is 1.17. The number of benzene rings is 1. The molecule has 1 aliphatic carbocycles. The SMILES string of the molecule is O=C(COc1ccc2c3c(c(=O)oc2c1)CCC3)N1C[C@@H]2C[C@H](C1)c1cccc(=O)n1C2. The van der Waals surface area contributed by atoms with Gasteiger partial charge < -0.3 is 18.6 Å². The van der Waals surface area contributed by atoms with Gasteiger partial charge in [-0.25, -0.2) is 4.79 Å². The molecule has 6 rings (SSSR count). The summed E-state index contributed by atoms with van der Waals surface area (Å²) in [7, 11) is 0. The zero-order chi connectivity index (χ0) is 21.8. The van der Waals surface area contributed by atoms with E-state index in [9.17, 15) is 14.4 Å². The molecule has 2 aromatic heterocycles. The maximum absolute atomic E-state index is 12.9. The van der Waals surface area contributed by atoms with Crippen molar-refractivity contribution in [2.24, 2.45) is 5.92 Å². The first-order valence-electron chi connectivity index (χ1n) is 11.3. The van der Waals surface area contributed by atoms with Crippen molar-refractivity contribution in [3.05, 3.63) is 74.0 Å². The van der Waals surface area contributed by atoms with Crippen LogP contribution in [0.25, 0.3) is 11.0 Å². The van der Waals surface area contributed by atoms with Crippen LogP contribution in [-0.4, -0.2) is 35.1 Å². The second-order valence-corrected chi connectivity index (χ2v) is 9.14. The van der Waals surface area contributed by atoms with Crippen LogP contribution in [0, 0.1) is 5.92 Å². The van der Waals surface area contributed by atoms with E-state index in [0.29, 0.717) is 31.0 Å². The number of rotatable bonds is 3. The lowest BCUT2D eigenvalue weighted by Crippen LogP contribution is -2.50. The molecule has 3 aliphatic rings. The number of likely N-dealkylation sites (tertiary alicyclic amines) is 1. The number of fused-ring (bicyclic) bond motifs is 7. The Hall–Kier alpha value is -3.35. The minimum atomic E-state index is -0.266. The standard InChI is InChI=1S/C25H24N2O5/c28-23-6-2-5-21-16-9-15(12-27(21)23)11-26(13-16)24(29)14-31-17-7-8-19-18-3-1-4-20(18)25(30)32-22(19)10-17/h2,5-8,10,15-16H,1,3-4,9,11-14H2/t15-,16+/m0/s1. The number of hydrogen-bond donors (Lipinski definition) is 0. The third-order valence-electron chi connectivity index (χ3n) is 7.14. The molecule has 1 amide bonds. The summed E-state index contributed by atoms with van der Waals surface area (Å²) in [5.41, 5.74) is 3.17. The van der Waals surface area contributed by atoms with Gasteiger partial charge in [0.15, 0.2) is 6.61 Å². The molecule has 0 spiro atoms. The minimum absolute atomic E-state index is 0.0360. The van der Waals surface area contributed by atoms with Crippen LogP contribution < -0.4 is 15.9 Å². The fraction of sp³-hybridized carbons (Fsp3) is 0.400. The lowest BCUT2D eigenvalue weighted by Gasteiger charge is -2.42. The fourth-order valence-corrected chi connectivity index (χ4v) is 5.69. The summed E-state index contributed by atoms with van der Waals surface area (Å²) in [4.78, 5) is 39.2. The zero-order valence-electron chi connectivity index (χ0n) is 17.7. The van der Waals surface area contributed by atoms with Crippen LogP contribution in [0.15, 0.2) is 50.4 Å². The molecular formula is C25H24N2O5. The molecule has 164 valence electrons. The highest BCUT2D eigenvalue weighted by Gasteiger charge is 2.36. The van der Waals surface area contributed by atoms with Gasteiger partial charge in [0.1, 0.15) is 11.3 Å². The molecule has 0 radical (unpaired) electrons. The Morgan fingerprint density at radius 2 is 1.94 bits per heavy atom. The summed E-state index contributed by atoms with van der Waals surface area (Å²) in [5.74, 6) is 0.905. The number of pyridine rings is 1. The molecule has 1 saturated heterocycles. The van der Waals surface area contributed by atoms with E-state index in [2.05, 4.69) is 0 Å². The quantitative estimate of drug-likeness (QED) is 0.594. The zero-order valence-corrected chi connectivity index (χ0v) is 17.7. The van der Waals surface area contributed by atoms with Crippen molar-refractivity contribution < 1.29 is 13.9 Å². The number of ether oxygens (including phenoxy) is 1. The van der Waals surface area contributed by atoms with E-state index in [4.69, 9.17) is 9.15 Å². The Morgan fingerprint density at radius 3 is 2.84 bits per heavy atom. The highest BCUT2D eigenvalue weighted by Crippen LogP contribution is 2.35. The molecular weight excluding hydrogens is 408 g/mol. The Kier molecular flexibility index (Phi) is 4.45. The van der Waals surface area contributed by atoms with Gasteiger partial charge in [0, 0.05) is 54.3 Å². The van der Waals surface area contributed by atoms with Gasteiger partial charge in [-0.05, 0) is 55.4 Å². The molecule has 32 heavy (non-hydrogen) atoms. The van der Waals surface area contributed by atoms with E-state index in [0.717, 1.165) is 47.9 Å².